The number of carbonyl (C=O) groups excluding carboxylic acids is 1. The lowest BCUT2D eigenvalue weighted by Gasteiger charge is -2.47. The largest absolute Gasteiger partial charge is 0.325 e. The average Bonchev–Trinajstić information content (AvgIpc) is 2.85. The number of aryl methyl sites for hydroxylation is 1. The Morgan fingerprint density at radius 3 is 2.61 bits per heavy atom. The van der Waals surface area contributed by atoms with E-state index < -0.39 is 0 Å². The SMILES string of the molecule is CC[C@H]1CN(Cc2ncc(NC(C)=O)cc2C)CCN1C1CCN(CCc2ccc(Cl)cc2F)CC1. The van der Waals surface area contributed by atoms with E-state index in [1.54, 1.807) is 12.3 Å². The molecule has 1 atom stereocenters. The molecule has 2 saturated heterocycles. The van der Waals surface area contributed by atoms with Crippen molar-refractivity contribution in [3.05, 3.63) is 58.1 Å². The van der Waals surface area contributed by atoms with Crippen LogP contribution in [0.5, 0.6) is 0 Å². The summed E-state index contributed by atoms with van der Waals surface area (Å²) in [4.78, 5) is 23.7. The molecule has 2 aliphatic rings. The zero-order chi connectivity index (χ0) is 25.7. The monoisotopic (exact) mass is 515 g/mol. The molecule has 36 heavy (non-hydrogen) atoms. The van der Waals surface area contributed by atoms with Crippen LogP contribution in [0.1, 0.15) is 49.9 Å². The van der Waals surface area contributed by atoms with Gasteiger partial charge in [0.1, 0.15) is 5.82 Å². The number of nitrogens with zero attached hydrogens (tertiary/aromatic N) is 4. The van der Waals surface area contributed by atoms with Crippen LogP contribution in [0.4, 0.5) is 10.1 Å². The maximum atomic E-state index is 14.1. The van der Waals surface area contributed by atoms with Crippen LogP contribution in [-0.2, 0) is 17.8 Å². The average molecular weight is 516 g/mol. The number of piperidine rings is 1. The fraction of sp³-hybridized carbons (Fsp3) is 0.571. The zero-order valence-corrected chi connectivity index (χ0v) is 22.5. The Kier molecular flexibility index (Phi) is 9.34. The molecular weight excluding hydrogens is 477 g/mol. The number of piperazine rings is 1. The molecule has 2 aliphatic heterocycles. The number of halogens is 2. The normalized spacial score (nSPS) is 20.5. The van der Waals surface area contributed by atoms with Crippen LogP contribution in [0.3, 0.4) is 0 Å². The molecule has 1 amide bonds. The van der Waals surface area contributed by atoms with Gasteiger partial charge in [0.05, 0.1) is 17.6 Å². The Labute approximate surface area is 219 Å². The molecule has 4 rings (SSSR count). The van der Waals surface area contributed by atoms with Gasteiger partial charge in [0.2, 0.25) is 5.91 Å². The third kappa shape index (κ3) is 7.03. The summed E-state index contributed by atoms with van der Waals surface area (Å²) in [6.45, 7) is 12.9. The molecule has 196 valence electrons. The first kappa shape index (κ1) is 27.0. The number of anilines is 1. The predicted molar refractivity (Wildman–Crippen MR) is 144 cm³/mol. The van der Waals surface area contributed by atoms with Gasteiger partial charge in [-0.25, -0.2) is 4.39 Å². The van der Waals surface area contributed by atoms with E-state index in [1.807, 2.05) is 12.1 Å². The van der Waals surface area contributed by atoms with Crippen molar-refractivity contribution in [1.29, 1.82) is 0 Å². The topological polar surface area (TPSA) is 51.7 Å². The van der Waals surface area contributed by atoms with Crippen LogP contribution in [0.25, 0.3) is 0 Å². The fourth-order valence-electron chi connectivity index (χ4n) is 5.65. The minimum absolute atomic E-state index is 0.0767. The van der Waals surface area contributed by atoms with Crippen molar-refractivity contribution in [3.8, 4) is 0 Å². The highest BCUT2D eigenvalue weighted by Gasteiger charge is 2.33. The number of benzene rings is 1. The molecule has 1 aromatic carbocycles. The van der Waals surface area contributed by atoms with E-state index in [0.717, 1.165) is 81.2 Å². The standard InChI is InChI=1S/C28H39ClFN5O/c1-4-25-18-34(19-28-20(2)15-24(17-31-28)32-21(3)36)13-14-35(25)26-8-11-33(12-9-26)10-7-22-5-6-23(29)16-27(22)30/h5-6,15-17,25-26H,4,7-14,18-19H2,1-3H3,(H,32,36)/t25-/m0/s1. The number of hydrogen-bond acceptors (Lipinski definition) is 5. The van der Waals surface area contributed by atoms with Crippen molar-refractivity contribution in [3.63, 3.8) is 0 Å². The first-order valence-corrected chi connectivity index (χ1v) is 13.6. The number of carbonyl (C=O) groups is 1. The van der Waals surface area contributed by atoms with E-state index >= 15 is 0 Å². The van der Waals surface area contributed by atoms with Gasteiger partial charge in [-0.05, 0) is 75.0 Å². The van der Waals surface area contributed by atoms with Crippen LogP contribution in [0, 0.1) is 12.7 Å². The van der Waals surface area contributed by atoms with Crippen molar-refractivity contribution in [2.75, 3.05) is 44.6 Å². The van der Waals surface area contributed by atoms with Crippen LogP contribution in [-0.4, -0.2) is 76.9 Å². The van der Waals surface area contributed by atoms with E-state index in [2.05, 4.69) is 38.8 Å². The van der Waals surface area contributed by atoms with Crippen molar-refractivity contribution >= 4 is 23.2 Å². The third-order valence-corrected chi connectivity index (χ3v) is 7.94. The second-order valence-electron chi connectivity index (χ2n) is 10.3. The second kappa shape index (κ2) is 12.5. The molecule has 1 N–H and O–H groups in total. The highest BCUT2D eigenvalue weighted by molar-refractivity contribution is 6.30. The maximum Gasteiger partial charge on any atom is 0.221 e. The number of hydrogen-bond donors (Lipinski definition) is 1. The molecule has 0 unspecified atom stereocenters. The quantitative estimate of drug-likeness (QED) is 0.550. The molecular formula is C28H39ClFN5O. The summed E-state index contributed by atoms with van der Waals surface area (Å²) in [7, 11) is 0. The van der Waals surface area contributed by atoms with Crippen molar-refractivity contribution < 1.29 is 9.18 Å². The summed E-state index contributed by atoms with van der Waals surface area (Å²) >= 11 is 5.88. The highest BCUT2D eigenvalue weighted by atomic mass is 35.5. The smallest absolute Gasteiger partial charge is 0.221 e. The Hall–Kier alpha value is -2.06. The number of likely N-dealkylation sites (tertiary alicyclic amines) is 1. The Morgan fingerprint density at radius 1 is 1.17 bits per heavy atom. The summed E-state index contributed by atoms with van der Waals surface area (Å²) in [5.41, 5.74) is 3.70. The van der Waals surface area contributed by atoms with E-state index in [-0.39, 0.29) is 11.7 Å². The van der Waals surface area contributed by atoms with Crippen LogP contribution in [0.15, 0.2) is 30.5 Å². The third-order valence-electron chi connectivity index (χ3n) is 7.70. The first-order chi connectivity index (χ1) is 17.3. The molecule has 8 heteroatoms. The molecule has 0 aliphatic carbocycles. The molecule has 6 nitrogen and oxygen atoms in total. The molecule has 3 heterocycles. The fourth-order valence-corrected chi connectivity index (χ4v) is 5.81. The zero-order valence-electron chi connectivity index (χ0n) is 21.8. The van der Waals surface area contributed by atoms with E-state index in [9.17, 15) is 9.18 Å². The minimum Gasteiger partial charge on any atom is -0.325 e. The second-order valence-corrected chi connectivity index (χ2v) is 10.7. The minimum atomic E-state index is -0.199. The van der Waals surface area contributed by atoms with Crippen molar-refractivity contribution in [1.82, 2.24) is 19.7 Å². The summed E-state index contributed by atoms with van der Waals surface area (Å²) < 4.78 is 14.1. The number of rotatable bonds is 8. The predicted octanol–water partition coefficient (Wildman–Crippen LogP) is 4.74. The number of nitrogens with one attached hydrogen (secondary N) is 1. The molecule has 0 bridgehead atoms. The van der Waals surface area contributed by atoms with E-state index in [4.69, 9.17) is 11.6 Å². The highest BCUT2D eigenvalue weighted by Crippen LogP contribution is 2.25. The lowest BCUT2D eigenvalue weighted by atomic mass is 9.97. The van der Waals surface area contributed by atoms with Crippen LogP contribution < -0.4 is 5.32 Å². The molecule has 2 aromatic rings. The van der Waals surface area contributed by atoms with Gasteiger partial charge >= 0.3 is 0 Å². The molecule has 0 spiro atoms. The van der Waals surface area contributed by atoms with Crippen LogP contribution >= 0.6 is 11.6 Å². The maximum absolute atomic E-state index is 14.1. The number of pyridine rings is 1. The van der Waals surface area contributed by atoms with Crippen LogP contribution in [0.2, 0.25) is 5.02 Å². The van der Waals surface area contributed by atoms with E-state index in [1.165, 1.54) is 25.8 Å². The van der Waals surface area contributed by atoms with Gasteiger partial charge in [0, 0.05) is 56.8 Å². The van der Waals surface area contributed by atoms with Gasteiger partial charge in [0.15, 0.2) is 0 Å². The summed E-state index contributed by atoms with van der Waals surface area (Å²) in [5, 5.41) is 3.26. The Bertz CT molecular complexity index is 1040. The Balaban J connectivity index is 1.26. The molecule has 0 radical (unpaired) electrons. The number of aromatic nitrogens is 1. The lowest BCUT2D eigenvalue weighted by Crippen LogP contribution is -2.58. The molecule has 2 fully saturated rings. The van der Waals surface area contributed by atoms with Gasteiger partial charge in [-0.1, -0.05) is 24.6 Å². The summed E-state index contributed by atoms with van der Waals surface area (Å²) in [6, 6.07) is 8.17. The summed E-state index contributed by atoms with van der Waals surface area (Å²) in [6.07, 6.45) is 5.96. The molecule has 1 aromatic heterocycles. The van der Waals surface area contributed by atoms with Gasteiger partial charge in [-0.3, -0.25) is 19.6 Å². The lowest BCUT2D eigenvalue weighted by molar-refractivity contribution is -0.114. The van der Waals surface area contributed by atoms with Crippen molar-refractivity contribution in [2.45, 2.75) is 65.1 Å². The van der Waals surface area contributed by atoms with Gasteiger partial charge in [0.25, 0.3) is 0 Å². The van der Waals surface area contributed by atoms with Gasteiger partial charge in [-0.15, -0.1) is 0 Å². The van der Waals surface area contributed by atoms with Crippen molar-refractivity contribution in [2.24, 2.45) is 0 Å². The first-order valence-electron chi connectivity index (χ1n) is 13.2. The summed E-state index contributed by atoms with van der Waals surface area (Å²) in [5.74, 6) is -0.276. The number of amides is 1. The van der Waals surface area contributed by atoms with E-state index in [0.29, 0.717) is 17.1 Å². The van der Waals surface area contributed by atoms with Gasteiger partial charge in [-0.2, -0.15) is 0 Å². The Morgan fingerprint density at radius 2 is 1.94 bits per heavy atom. The molecule has 0 saturated carbocycles. The van der Waals surface area contributed by atoms with Gasteiger partial charge < -0.3 is 10.2 Å².